The topological polar surface area (TPSA) is 48.8 Å². The summed E-state index contributed by atoms with van der Waals surface area (Å²) in [6, 6.07) is 4.88. The molecule has 0 fully saturated rings. The van der Waals surface area contributed by atoms with Crippen LogP contribution in [0.4, 0.5) is 4.39 Å². The number of rotatable bonds is 3. The third kappa shape index (κ3) is 2.61. The van der Waals surface area contributed by atoms with E-state index in [2.05, 4.69) is 10.0 Å². The lowest BCUT2D eigenvalue weighted by molar-refractivity contribution is 0.618. The van der Waals surface area contributed by atoms with Crippen molar-refractivity contribution in [1.29, 1.82) is 0 Å². The summed E-state index contributed by atoms with van der Waals surface area (Å²) in [4.78, 5) is 2.61. The lowest BCUT2D eigenvalue weighted by atomic mass is 10.1. The molecule has 4 heteroatoms. The van der Waals surface area contributed by atoms with Crippen LogP contribution in [0.5, 0.6) is 0 Å². The van der Waals surface area contributed by atoms with Gasteiger partial charge in [-0.2, -0.15) is 0 Å². The number of hydrogen-bond acceptors (Lipinski definition) is 1. The second-order valence-electron chi connectivity index (χ2n) is 2.77. The Hall–Kier alpha value is -1.80. The Balaban J connectivity index is 2.81. The van der Waals surface area contributed by atoms with Crippen LogP contribution >= 0.6 is 0 Å². The monoisotopic (exact) mass is 191 g/mol. The van der Waals surface area contributed by atoms with Crippen molar-refractivity contribution in [2.45, 2.75) is 6.92 Å². The summed E-state index contributed by atoms with van der Waals surface area (Å²) < 4.78 is 13.0. The normalized spacial score (nSPS) is 10.1. The van der Waals surface area contributed by atoms with Crippen LogP contribution < -0.4 is 0 Å². The molecule has 0 bridgehead atoms. The van der Waals surface area contributed by atoms with E-state index >= 15 is 0 Å². The zero-order chi connectivity index (χ0) is 10.4. The lowest BCUT2D eigenvalue weighted by Crippen LogP contribution is -1.85. The van der Waals surface area contributed by atoms with E-state index in [1.165, 1.54) is 6.07 Å². The minimum Gasteiger partial charge on any atom is -0.207 e. The molecule has 0 spiro atoms. The highest BCUT2D eigenvalue weighted by molar-refractivity contribution is 5.53. The predicted octanol–water partition coefficient (Wildman–Crippen LogP) is 3.46. The SMILES string of the molecule is Cc1c(F)cccc1C=CCN=[N+]=[N-]. The predicted molar refractivity (Wildman–Crippen MR) is 54.2 cm³/mol. The molecule has 0 saturated heterocycles. The van der Waals surface area contributed by atoms with Gasteiger partial charge < -0.3 is 0 Å². The van der Waals surface area contributed by atoms with Crippen LogP contribution in [0.25, 0.3) is 16.5 Å². The summed E-state index contributed by atoms with van der Waals surface area (Å²) in [6.07, 6.45) is 3.44. The largest absolute Gasteiger partial charge is 0.207 e. The van der Waals surface area contributed by atoms with Gasteiger partial charge in [-0.1, -0.05) is 29.4 Å². The average molecular weight is 191 g/mol. The standard InChI is InChI=1S/C10H10FN3/c1-8-9(4-2-6-10(8)11)5-3-7-13-14-12/h2-6H,7H2,1H3. The van der Waals surface area contributed by atoms with Gasteiger partial charge >= 0.3 is 0 Å². The molecule has 0 radical (unpaired) electrons. The third-order valence-electron chi connectivity index (χ3n) is 1.86. The van der Waals surface area contributed by atoms with Crippen LogP contribution in [0.15, 0.2) is 29.4 Å². The second-order valence-corrected chi connectivity index (χ2v) is 2.77. The Morgan fingerprint density at radius 1 is 1.57 bits per heavy atom. The second kappa shape index (κ2) is 5.04. The van der Waals surface area contributed by atoms with Gasteiger partial charge in [0.2, 0.25) is 0 Å². The Morgan fingerprint density at radius 3 is 3.07 bits per heavy atom. The minimum atomic E-state index is -0.226. The van der Waals surface area contributed by atoms with Crippen molar-refractivity contribution >= 4 is 6.08 Å². The van der Waals surface area contributed by atoms with Crippen LogP contribution in [-0.4, -0.2) is 6.54 Å². The molecule has 1 aromatic carbocycles. The molecule has 0 unspecified atom stereocenters. The van der Waals surface area contributed by atoms with Crippen LogP contribution in [0, 0.1) is 12.7 Å². The first-order valence-corrected chi connectivity index (χ1v) is 4.18. The minimum absolute atomic E-state index is 0.226. The molecule has 0 aliphatic carbocycles. The van der Waals surface area contributed by atoms with Crippen molar-refractivity contribution in [2.75, 3.05) is 6.54 Å². The average Bonchev–Trinajstić information content (AvgIpc) is 2.19. The molecular weight excluding hydrogens is 181 g/mol. The number of benzene rings is 1. The van der Waals surface area contributed by atoms with Crippen molar-refractivity contribution in [2.24, 2.45) is 5.11 Å². The lowest BCUT2D eigenvalue weighted by Gasteiger charge is -1.99. The molecule has 0 aromatic heterocycles. The number of nitrogens with zero attached hydrogens (tertiary/aromatic N) is 3. The molecule has 0 aliphatic rings. The van der Waals surface area contributed by atoms with E-state index in [1.54, 1.807) is 25.1 Å². The third-order valence-corrected chi connectivity index (χ3v) is 1.86. The summed E-state index contributed by atoms with van der Waals surface area (Å²) in [5.41, 5.74) is 9.43. The fraction of sp³-hybridized carbons (Fsp3) is 0.200. The highest BCUT2D eigenvalue weighted by atomic mass is 19.1. The molecule has 1 aromatic rings. The summed E-state index contributed by atoms with van der Waals surface area (Å²) in [7, 11) is 0. The maximum atomic E-state index is 13.0. The van der Waals surface area contributed by atoms with Crippen molar-refractivity contribution in [3.63, 3.8) is 0 Å². The zero-order valence-electron chi connectivity index (χ0n) is 7.81. The molecule has 0 aliphatic heterocycles. The number of halogens is 1. The highest BCUT2D eigenvalue weighted by Crippen LogP contribution is 2.13. The van der Waals surface area contributed by atoms with Crippen molar-refractivity contribution in [3.05, 3.63) is 51.7 Å². The molecule has 72 valence electrons. The summed E-state index contributed by atoms with van der Waals surface area (Å²) in [6.45, 7) is 2.00. The zero-order valence-corrected chi connectivity index (χ0v) is 7.81. The van der Waals surface area contributed by atoms with E-state index < -0.39 is 0 Å². The quantitative estimate of drug-likeness (QED) is 0.399. The van der Waals surface area contributed by atoms with E-state index in [0.717, 1.165) is 5.56 Å². The summed E-state index contributed by atoms with van der Waals surface area (Å²) in [5, 5.41) is 3.34. The Bertz CT molecular complexity index is 392. The molecule has 0 amide bonds. The van der Waals surface area contributed by atoms with Gasteiger partial charge in [0.05, 0.1) is 0 Å². The fourth-order valence-corrected chi connectivity index (χ4v) is 1.07. The van der Waals surface area contributed by atoms with Crippen LogP contribution in [0.3, 0.4) is 0 Å². The van der Waals surface area contributed by atoms with E-state index in [1.807, 2.05) is 6.07 Å². The maximum Gasteiger partial charge on any atom is 0.126 e. The van der Waals surface area contributed by atoms with E-state index in [0.29, 0.717) is 5.56 Å². The van der Waals surface area contributed by atoms with Crippen molar-refractivity contribution in [1.82, 2.24) is 0 Å². The molecule has 14 heavy (non-hydrogen) atoms. The van der Waals surface area contributed by atoms with Gasteiger partial charge in [0.15, 0.2) is 0 Å². The van der Waals surface area contributed by atoms with Gasteiger partial charge in [0.25, 0.3) is 0 Å². The molecule has 0 saturated carbocycles. The first-order valence-electron chi connectivity index (χ1n) is 4.18. The van der Waals surface area contributed by atoms with Gasteiger partial charge in [0.1, 0.15) is 5.82 Å². The first-order chi connectivity index (χ1) is 6.75. The number of hydrogen-bond donors (Lipinski definition) is 0. The Labute approximate surface area is 81.5 Å². The maximum absolute atomic E-state index is 13.0. The molecule has 0 heterocycles. The molecule has 3 nitrogen and oxygen atoms in total. The summed E-state index contributed by atoms with van der Waals surface area (Å²) in [5.74, 6) is -0.226. The van der Waals surface area contributed by atoms with Gasteiger partial charge in [-0.3, -0.25) is 0 Å². The van der Waals surface area contributed by atoms with Gasteiger partial charge in [-0.25, -0.2) is 4.39 Å². The van der Waals surface area contributed by atoms with Crippen molar-refractivity contribution in [3.8, 4) is 0 Å². The Kier molecular flexibility index (Phi) is 3.70. The molecule has 0 N–H and O–H groups in total. The van der Waals surface area contributed by atoms with Crippen molar-refractivity contribution < 1.29 is 4.39 Å². The smallest absolute Gasteiger partial charge is 0.126 e. The fourth-order valence-electron chi connectivity index (χ4n) is 1.07. The summed E-state index contributed by atoms with van der Waals surface area (Å²) >= 11 is 0. The van der Waals surface area contributed by atoms with E-state index in [4.69, 9.17) is 5.53 Å². The van der Waals surface area contributed by atoms with Crippen LogP contribution in [0.1, 0.15) is 11.1 Å². The Morgan fingerprint density at radius 2 is 2.36 bits per heavy atom. The van der Waals surface area contributed by atoms with Gasteiger partial charge in [-0.15, -0.1) is 0 Å². The molecule has 0 atom stereocenters. The molecule has 1 rings (SSSR count). The highest BCUT2D eigenvalue weighted by Gasteiger charge is 1.98. The van der Waals surface area contributed by atoms with Crippen LogP contribution in [-0.2, 0) is 0 Å². The first kappa shape index (κ1) is 10.3. The van der Waals surface area contributed by atoms with Gasteiger partial charge in [0, 0.05) is 11.5 Å². The van der Waals surface area contributed by atoms with E-state index in [-0.39, 0.29) is 12.4 Å². The van der Waals surface area contributed by atoms with E-state index in [9.17, 15) is 4.39 Å². The molecular formula is C10H10FN3. The number of azide groups is 1. The van der Waals surface area contributed by atoms with Crippen LogP contribution in [0.2, 0.25) is 0 Å². The van der Waals surface area contributed by atoms with Gasteiger partial charge in [-0.05, 0) is 29.6 Å².